The van der Waals surface area contributed by atoms with Crippen molar-refractivity contribution in [1.29, 1.82) is 0 Å². The van der Waals surface area contributed by atoms with E-state index >= 15 is 0 Å². The Morgan fingerprint density at radius 2 is 1.64 bits per heavy atom. The van der Waals surface area contributed by atoms with Crippen molar-refractivity contribution in [2.75, 3.05) is 5.88 Å². The Hall–Kier alpha value is 0.210. The maximum atomic E-state index is 5.85. The van der Waals surface area contributed by atoms with Crippen molar-refractivity contribution in [3.05, 3.63) is 0 Å². The monoisotopic (exact) mass is 222 g/mol. The molecule has 0 bridgehead atoms. The van der Waals surface area contributed by atoms with Gasteiger partial charge in [0.05, 0.1) is 11.5 Å². The van der Waals surface area contributed by atoms with E-state index in [1.807, 2.05) is 20.8 Å². The van der Waals surface area contributed by atoms with Crippen molar-refractivity contribution in [3.63, 3.8) is 0 Å². The summed E-state index contributed by atoms with van der Waals surface area (Å²) < 4.78 is 0. The van der Waals surface area contributed by atoms with E-state index in [2.05, 4.69) is 13.8 Å². The van der Waals surface area contributed by atoms with Crippen LogP contribution in [0.25, 0.3) is 0 Å². The first-order chi connectivity index (χ1) is 6.39. The lowest BCUT2D eigenvalue weighted by Gasteiger charge is -2.31. The third-order valence-electron chi connectivity index (χ3n) is 2.38. The number of halogens is 1. The van der Waals surface area contributed by atoms with Gasteiger partial charge in [0, 0.05) is 0 Å². The lowest BCUT2D eigenvalue weighted by Crippen LogP contribution is -2.35. The van der Waals surface area contributed by atoms with Gasteiger partial charge in [0.2, 0.25) is 0 Å². The van der Waals surface area contributed by atoms with Crippen LogP contribution in [0.4, 0.5) is 0 Å². The van der Waals surface area contributed by atoms with Crippen molar-refractivity contribution in [2.45, 2.75) is 65.1 Å². The number of rotatable bonds is 7. The number of hydrogen-bond acceptors (Lipinski definition) is 2. The van der Waals surface area contributed by atoms with Crippen molar-refractivity contribution in [1.82, 2.24) is 0 Å². The van der Waals surface area contributed by atoms with Crippen LogP contribution in [0.2, 0.25) is 0 Å². The fourth-order valence-corrected chi connectivity index (χ4v) is 1.11. The van der Waals surface area contributed by atoms with Crippen LogP contribution in [0, 0.1) is 0 Å². The van der Waals surface area contributed by atoms with Crippen molar-refractivity contribution in [2.24, 2.45) is 0 Å². The standard InChI is InChI=1S/C11H23ClO2/c1-6-8-11(5,9-12)14-13-10(3,4)7-2/h6-9H2,1-5H3. The molecule has 0 amide bonds. The molecule has 2 nitrogen and oxygen atoms in total. The molecule has 0 radical (unpaired) electrons. The average Bonchev–Trinajstić information content (AvgIpc) is 2.16. The topological polar surface area (TPSA) is 18.5 Å². The first-order valence-corrected chi connectivity index (χ1v) is 5.85. The molecule has 0 aromatic heterocycles. The summed E-state index contributed by atoms with van der Waals surface area (Å²) in [4.78, 5) is 10.8. The molecule has 1 atom stereocenters. The van der Waals surface area contributed by atoms with Crippen LogP contribution in [-0.4, -0.2) is 17.1 Å². The fourth-order valence-electron chi connectivity index (χ4n) is 0.932. The molecule has 0 aliphatic carbocycles. The zero-order valence-corrected chi connectivity index (χ0v) is 10.8. The number of alkyl halides is 1. The van der Waals surface area contributed by atoms with Gasteiger partial charge in [-0.25, -0.2) is 9.78 Å². The second-order valence-electron chi connectivity index (χ2n) is 4.61. The molecule has 0 rings (SSSR count). The molecular weight excluding hydrogens is 200 g/mol. The Balaban J connectivity index is 4.06. The quantitative estimate of drug-likeness (QED) is 0.369. The van der Waals surface area contributed by atoms with Crippen molar-refractivity contribution < 1.29 is 9.78 Å². The Labute approximate surface area is 92.8 Å². The second kappa shape index (κ2) is 5.94. The minimum Gasteiger partial charge on any atom is -0.230 e. The Morgan fingerprint density at radius 3 is 2.00 bits per heavy atom. The SMILES string of the molecule is CCCC(C)(CCl)OOC(C)(C)CC. The maximum Gasteiger partial charge on any atom is 0.114 e. The summed E-state index contributed by atoms with van der Waals surface area (Å²) >= 11 is 5.85. The third-order valence-corrected chi connectivity index (χ3v) is 2.95. The molecule has 0 aromatic carbocycles. The van der Waals surface area contributed by atoms with Gasteiger partial charge in [-0.1, -0.05) is 20.3 Å². The summed E-state index contributed by atoms with van der Waals surface area (Å²) in [5.74, 6) is 0.459. The van der Waals surface area contributed by atoms with Gasteiger partial charge in [-0.15, -0.1) is 11.6 Å². The molecular formula is C11H23ClO2. The van der Waals surface area contributed by atoms with Crippen LogP contribution >= 0.6 is 11.6 Å². The zero-order chi connectivity index (χ0) is 11.2. The highest BCUT2D eigenvalue weighted by Crippen LogP contribution is 2.24. The Kier molecular flexibility index (Phi) is 6.03. The molecule has 3 heteroatoms. The smallest absolute Gasteiger partial charge is 0.114 e. The zero-order valence-electron chi connectivity index (χ0n) is 10.0. The largest absolute Gasteiger partial charge is 0.230 e. The maximum absolute atomic E-state index is 5.85. The lowest BCUT2D eigenvalue weighted by atomic mass is 10.0. The number of hydrogen-bond donors (Lipinski definition) is 0. The third kappa shape index (κ3) is 5.18. The van der Waals surface area contributed by atoms with Crippen molar-refractivity contribution in [3.8, 4) is 0 Å². The molecule has 1 unspecified atom stereocenters. The molecule has 0 spiro atoms. The Morgan fingerprint density at radius 1 is 1.07 bits per heavy atom. The van der Waals surface area contributed by atoms with Crippen LogP contribution in [0.3, 0.4) is 0 Å². The average molecular weight is 223 g/mol. The molecule has 0 aromatic rings. The molecule has 0 fully saturated rings. The highest BCUT2D eigenvalue weighted by molar-refractivity contribution is 6.18. The van der Waals surface area contributed by atoms with Gasteiger partial charge < -0.3 is 0 Å². The molecule has 0 N–H and O–H groups in total. The van der Waals surface area contributed by atoms with Gasteiger partial charge in [0.15, 0.2) is 0 Å². The summed E-state index contributed by atoms with van der Waals surface area (Å²) in [6.45, 7) is 10.2. The van der Waals surface area contributed by atoms with Crippen LogP contribution in [-0.2, 0) is 9.78 Å². The van der Waals surface area contributed by atoms with Gasteiger partial charge in [-0.05, 0) is 33.6 Å². The summed E-state index contributed by atoms with van der Waals surface area (Å²) in [6, 6.07) is 0. The highest BCUT2D eigenvalue weighted by atomic mass is 35.5. The second-order valence-corrected chi connectivity index (χ2v) is 4.88. The van der Waals surface area contributed by atoms with Crippen LogP contribution in [0.1, 0.15) is 53.9 Å². The molecule has 0 aliphatic heterocycles. The predicted molar refractivity (Wildman–Crippen MR) is 60.6 cm³/mol. The highest BCUT2D eigenvalue weighted by Gasteiger charge is 2.28. The first-order valence-electron chi connectivity index (χ1n) is 5.32. The Bertz CT molecular complexity index is 159. The normalized spacial score (nSPS) is 16.7. The minimum absolute atomic E-state index is 0.235. The van der Waals surface area contributed by atoms with E-state index in [0.717, 1.165) is 19.3 Å². The van der Waals surface area contributed by atoms with E-state index < -0.39 is 0 Å². The van der Waals surface area contributed by atoms with Gasteiger partial charge >= 0.3 is 0 Å². The molecule has 0 saturated heterocycles. The minimum atomic E-state index is -0.358. The summed E-state index contributed by atoms with van der Waals surface area (Å²) in [5.41, 5.74) is -0.593. The molecule has 14 heavy (non-hydrogen) atoms. The fraction of sp³-hybridized carbons (Fsp3) is 1.00. The van der Waals surface area contributed by atoms with E-state index in [9.17, 15) is 0 Å². The van der Waals surface area contributed by atoms with E-state index in [0.29, 0.717) is 5.88 Å². The van der Waals surface area contributed by atoms with Crippen LogP contribution < -0.4 is 0 Å². The van der Waals surface area contributed by atoms with Gasteiger partial charge in [0.1, 0.15) is 5.60 Å². The molecule has 0 heterocycles. The summed E-state index contributed by atoms with van der Waals surface area (Å²) in [6.07, 6.45) is 2.87. The molecule has 86 valence electrons. The van der Waals surface area contributed by atoms with Gasteiger partial charge in [0.25, 0.3) is 0 Å². The van der Waals surface area contributed by atoms with Gasteiger partial charge in [-0.2, -0.15) is 0 Å². The van der Waals surface area contributed by atoms with Crippen LogP contribution in [0.15, 0.2) is 0 Å². The van der Waals surface area contributed by atoms with Gasteiger partial charge in [-0.3, -0.25) is 0 Å². The molecule has 0 saturated carbocycles. The lowest BCUT2D eigenvalue weighted by molar-refractivity contribution is -0.401. The van der Waals surface area contributed by atoms with E-state index in [1.165, 1.54) is 0 Å². The van der Waals surface area contributed by atoms with E-state index in [1.54, 1.807) is 0 Å². The van der Waals surface area contributed by atoms with Crippen molar-refractivity contribution >= 4 is 11.6 Å². The predicted octanol–water partition coefficient (Wildman–Crippen LogP) is 3.92. The van der Waals surface area contributed by atoms with E-state index in [-0.39, 0.29) is 11.2 Å². The van der Waals surface area contributed by atoms with Crippen LogP contribution in [0.5, 0.6) is 0 Å². The van der Waals surface area contributed by atoms with E-state index in [4.69, 9.17) is 21.4 Å². The summed E-state index contributed by atoms with van der Waals surface area (Å²) in [7, 11) is 0. The molecule has 0 aliphatic rings. The first kappa shape index (κ1) is 14.2. The summed E-state index contributed by atoms with van der Waals surface area (Å²) in [5, 5.41) is 0.